The molecule has 96 valence electrons. The predicted molar refractivity (Wildman–Crippen MR) is 62.9 cm³/mol. The van der Waals surface area contributed by atoms with Crippen LogP contribution in [0.25, 0.3) is 0 Å². The van der Waals surface area contributed by atoms with E-state index in [0.717, 1.165) is 5.56 Å². The van der Waals surface area contributed by atoms with Gasteiger partial charge >= 0.3 is 6.18 Å². The monoisotopic (exact) mass is 245 g/mol. The maximum atomic E-state index is 12.3. The third kappa shape index (κ3) is 4.04. The number of hydrogen-bond donors (Lipinski definition) is 1. The van der Waals surface area contributed by atoms with Crippen LogP contribution in [0.2, 0.25) is 0 Å². The number of halogens is 3. The molecule has 2 N–H and O–H groups in total. The van der Waals surface area contributed by atoms with Crippen molar-refractivity contribution in [2.24, 2.45) is 5.73 Å². The first-order valence-corrected chi connectivity index (χ1v) is 5.52. The van der Waals surface area contributed by atoms with E-state index in [-0.39, 0.29) is 11.8 Å². The maximum absolute atomic E-state index is 12.3. The van der Waals surface area contributed by atoms with Crippen LogP contribution in [0.5, 0.6) is 0 Å². The zero-order valence-corrected chi connectivity index (χ0v) is 10.3. The molecule has 0 amide bonds. The number of nitrogens with two attached hydrogens (primary N) is 1. The van der Waals surface area contributed by atoms with Gasteiger partial charge in [-0.2, -0.15) is 13.2 Å². The molecule has 1 aromatic carbocycles. The van der Waals surface area contributed by atoms with Crippen LogP contribution in [-0.2, 0) is 11.8 Å². The number of alkyl halides is 3. The Hall–Kier alpha value is -1.03. The second-order valence-electron chi connectivity index (χ2n) is 5.30. The second-order valence-corrected chi connectivity index (χ2v) is 5.30. The molecule has 1 atom stereocenters. The molecule has 1 rings (SSSR count). The maximum Gasteiger partial charge on any atom is 0.403 e. The van der Waals surface area contributed by atoms with Gasteiger partial charge in [0.15, 0.2) is 0 Å². The van der Waals surface area contributed by atoms with E-state index in [9.17, 15) is 13.2 Å². The smallest absolute Gasteiger partial charge is 0.320 e. The lowest BCUT2D eigenvalue weighted by atomic mass is 9.86. The van der Waals surface area contributed by atoms with Gasteiger partial charge in [-0.3, -0.25) is 0 Å². The number of rotatable bonds is 2. The van der Waals surface area contributed by atoms with Crippen molar-refractivity contribution < 1.29 is 13.2 Å². The molecule has 0 aliphatic carbocycles. The molecule has 0 heterocycles. The minimum Gasteiger partial charge on any atom is -0.320 e. The quantitative estimate of drug-likeness (QED) is 0.849. The molecule has 0 fully saturated rings. The van der Waals surface area contributed by atoms with E-state index in [1.807, 2.05) is 12.1 Å². The van der Waals surface area contributed by atoms with Crippen LogP contribution < -0.4 is 5.73 Å². The van der Waals surface area contributed by atoms with Crippen molar-refractivity contribution >= 4 is 0 Å². The molecule has 0 aliphatic heterocycles. The van der Waals surface area contributed by atoms with Gasteiger partial charge in [-0.25, -0.2) is 0 Å². The van der Waals surface area contributed by atoms with Gasteiger partial charge < -0.3 is 5.73 Å². The Balaban J connectivity index is 2.76. The van der Waals surface area contributed by atoms with Crippen LogP contribution >= 0.6 is 0 Å². The van der Waals surface area contributed by atoms with E-state index >= 15 is 0 Å². The molecule has 1 nitrogen and oxygen atoms in total. The van der Waals surface area contributed by atoms with Crippen molar-refractivity contribution in [2.45, 2.75) is 44.8 Å². The Morgan fingerprint density at radius 1 is 1.06 bits per heavy atom. The molecule has 0 saturated carbocycles. The SMILES string of the molecule is CC(C)(C)c1ccc(CC(N)C(F)(F)F)cc1. The summed E-state index contributed by atoms with van der Waals surface area (Å²) >= 11 is 0. The zero-order valence-electron chi connectivity index (χ0n) is 10.3. The molecule has 0 radical (unpaired) electrons. The van der Waals surface area contributed by atoms with Crippen LogP contribution in [0.4, 0.5) is 13.2 Å². The summed E-state index contributed by atoms with van der Waals surface area (Å²) in [7, 11) is 0. The summed E-state index contributed by atoms with van der Waals surface area (Å²) in [5, 5.41) is 0. The first-order chi connectivity index (χ1) is 7.60. The highest BCUT2D eigenvalue weighted by molar-refractivity contribution is 5.28. The zero-order chi connectivity index (χ0) is 13.3. The highest BCUT2D eigenvalue weighted by atomic mass is 19.4. The van der Waals surface area contributed by atoms with Crippen LogP contribution in [0.15, 0.2) is 24.3 Å². The van der Waals surface area contributed by atoms with Gasteiger partial charge in [0.1, 0.15) is 6.04 Å². The van der Waals surface area contributed by atoms with Crippen molar-refractivity contribution in [1.82, 2.24) is 0 Å². The van der Waals surface area contributed by atoms with Gasteiger partial charge in [0, 0.05) is 0 Å². The lowest BCUT2D eigenvalue weighted by Gasteiger charge is -2.20. The Morgan fingerprint density at radius 2 is 1.53 bits per heavy atom. The van der Waals surface area contributed by atoms with Gasteiger partial charge in [-0.15, -0.1) is 0 Å². The van der Waals surface area contributed by atoms with Gasteiger partial charge in [0.25, 0.3) is 0 Å². The molecule has 0 aromatic heterocycles. The van der Waals surface area contributed by atoms with Crippen LogP contribution in [0.3, 0.4) is 0 Å². The molecular formula is C13H18F3N. The number of hydrogen-bond acceptors (Lipinski definition) is 1. The minimum atomic E-state index is -4.33. The molecule has 0 bridgehead atoms. The first kappa shape index (κ1) is 14.0. The third-order valence-electron chi connectivity index (χ3n) is 2.70. The van der Waals surface area contributed by atoms with Crippen LogP contribution in [0, 0.1) is 0 Å². The third-order valence-corrected chi connectivity index (χ3v) is 2.70. The highest BCUT2D eigenvalue weighted by Gasteiger charge is 2.36. The standard InChI is InChI=1S/C13H18F3N/c1-12(2,3)10-6-4-9(5-7-10)8-11(17)13(14,15)16/h4-7,11H,8,17H2,1-3H3. The fourth-order valence-corrected chi connectivity index (χ4v) is 1.51. The Morgan fingerprint density at radius 3 is 1.88 bits per heavy atom. The molecule has 1 aromatic rings. The Kier molecular flexibility index (Phi) is 3.87. The number of benzene rings is 1. The fourth-order valence-electron chi connectivity index (χ4n) is 1.51. The van der Waals surface area contributed by atoms with Gasteiger partial charge in [0.2, 0.25) is 0 Å². The Labute approximate surface area is 99.8 Å². The Bertz CT molecular complexity index is 360. The van der Waals surface area contributed by atoms with Crippen LogP contribution in [-0.4, -0.2) is 12.2 Å². The molecule has 4 heteroatoms. The minimum absolute atomic E-state index is 0.00464. The molecule has 1 unspecified atom stereocenters. The van der Waals surface area contributed by atoms with Crippen molar-refractivity contribution in [2.75, 3.05) is 0 Å². The van der Waals surface area contributed by atoms with Crippen molar-refractivity contribution in [3.63, 3.8) is 0 Å². The van der Waals surface area contributed by atoms with E-state index in [4.69, 9.17) is 5.73 Å². The van der Waals surface area contributed by atoms with Gasteiger partial charge in [-0.1, -0.05) is 45.0 Å². The molecule has 0 saturated heterocycles. The first-order valence-electron chi connectivity index (χ1n) is 5.52. The topological polar surface area (TPSA) is 26.0 Å². The van der Waals surface area contributed by atoms with E-state index in [1.165, 1.54) is 0 Å². The average Bonchev–Trinajstić information content (AvgIpc) is 2.15. The summed E-state index contributed by atoms with van der Waals surface area (Å²) < 4.78 is 36.8. The largest absolute Gasteiger partial charge is 0.403 e. The molecule has 0 spiro atoms. The average molecular weight is 245 g/mol. The summed E-state index contributed by atoms with van der Waals surface area (Å²) in [6.45, 7) is 6.18. The van der Waals surface area contributed by atoms with E-state index in [1.54, 1.807) is 12.1 Å². The summed E-state index contributed by atoms with van der Waals surface area (Å²) in [5.74, 6) is 0. The summed E-state index contributed by atoms with van der Waals surface area (Å²) in [6, 6.07) is 5.36. The van der Waals surface area contributed by atoms with Crippen molar-refractivity contribution in [3.8, 4) is 0 Å². The molecular weight excluding hydrogens is 227 g/mol. The highest BCUT2D eigenvalue weighted by Crippen LogP contribution is 2.24. The summed E-state index contributed by atoms with van der Waals surface area (Å²) in [4.78, 5) is 0. The van der Waals surface area contributed by atoms with Gasteiger partial charge in [0.05, 0.1) is 0 Å². The summed E-state index contributed by atoms with van der Waals surface area (Å²) in [6.07, 6.45) is -4.50. The fraction of sp³-hybridized carbons (Fsp3) is 0.538. The normalized spacial score (nSPS) is 14.8. The predicted octanol–water partition coefficient (Wildman–Crippen LogP) is 3.42. The van der Waals surface area contributed by atoms with E-state index < -0.39 is 12.2 Å². The molecule has 17 heavy (non-hydrogen) atoms. The van der Waals surface area contributed by atoms with Crippen LogP contribution in [0.1, 0.15) is 31.9 Å². The van der Waals surface area contributed by atoms with Crippen molar-refractivity contribution in [1.29, 1.82) is 0 Å². The van der Waals surface area contributed by atoms with Gasteiger partial charge in [-0.05, 0) is 23.0 Å². The van der Waals surface area contributed by atoms with E-state index in [0.29, 0.717) is 5.56 Å². The second kappa shape index (κ2) is 4.69. The van der Waals surface area contributed by atoms with Crippen molar-refractivity contribution in [3.05, 3.63) is 35.4 Å². The molecule has 0 aliphatic rings. The lowest BCUT2D eigenvalue weighted by Crippen LogP contribution is -2.39. The van der Waals surface area contributed by atoms with E-state index in [2.05, 4.69) is 20.8 Å². The summed E-state index contributed by atoms with van der Waals surface area (Å²) in [5.41, 5.74) is 6.80. The lowest BCUT2D eigenvalue weighted by molar-refractivity contribution is -0.147.